The largest absolute Gasteiger partial charge is 0.491 e. The van der Waals surface area contributed by atoms with E-state index >= 15 is 0 Å². The average molecular weight is 794 g/mol. The summed E-state index contributed by atoms with van der Waals surface area (Å²) in [5, 5.41) is 0. The van der Waals surface area contributed by atoms with Gasteiger partial charge in [0.05, 0.1) is 65.9 Å². The fourth-order valence-electron chi connectivity index (χ4n) is 2.91. The van der Waals surface area contributed by atoms with Crippen LogP contribution in [0.5, 0.6) is 11.5 Å². The third-order valence-electron chi connectivity index (χ3n) is 4.40. The van der Waals surface area contributed by atoms with Crippen molar-refractivity contribution in [3.63, 3.8) is 0 Å². The van der Waals surface area contributed by atoms with Crippen LogP contribution < -0.4 is 9.47 Å². The lowest BCUT2D eigenvalue weighted by Crippen LogP contribution is -2.14. The van der Waals surface area contributed by atoms with Crippen molar-refractivity contribution >= 4 is 85.5 Å². The second-order valence-electron chi connectivity index (χ2n) is 8.21. The van der Waals surface area contributed by atoms with Gasteiger partial charge in [-0.1, -0.05) is 0 Å². The van der Waals surface area contributed by atoms with Crippen LogP contribution in [0.1, 0.15) is 40.5 Å². The molecule has 0 aromatic heterocycles. The van der Waals surface area contributed by atoms with Crippen molar-refractivity contribution in [2.24, 2.45) is 0 Å². The average Bonchev–Trinajstić information content (AvgIpc) is 2.76. The molecule has 0 spiro atoms. The Morgan fingerprint density at radius 2 is 0.973 bits per heavy atom. The van der Waals surface area contributed by atoms with E-state index in [1.54, 1.807) is 27.7 Å². The van der Waals surface area contributed by atoms with Crippen LogP contribution in [0.4, 0.5) is 0 Å². The van der Waals surface area contributed by atoms with E-state index in [2.05, 4.69) is 63.7 Å². The maximum Gasteiger partial charge on any atom is 0.309 e. The third kappa shape index (κ3) is 9.52. The summed E-state index contributed by atoms with van der Waals surface area (Å²) in [5.41, 5.74) is 0. The van der Waals surface area contributed by atoms with Gasteiger partial charge in [-0.05, 0) is 116 Å². The number of esters is 2. The van der Waals surface area contributed by atoms with Crippen molar-refractivity contribution in [3.05, 3.63) is 42.2 Å². The van der Waals surface area contributed by atoms with Crippen molar-refractivity contribution in [3.8, 4) is 11.5 Å². The molecule has 37 heavy (non-hydrogen) atoms. The molecule has 0 fully saturated rings. The smallest absolute Gasteiger partial charge is 0.309 e. The molecule has 0 atom stereocenters. The first-order chi connectivity index (χ1) is 17.2. The van der Waals surface area contributed by atoms with Crippen LogP contribution in [0.15, 0.2) is 51.9 Å². The predicted octanol–water partition coefficient (Wildman–Crippen LogP) is 7.01. The van der Waals surface area contributed by atoms with Gasteiger partial charge in [-0.2, -0.15) is 0 Å². The summed E-state index contributed by atoms with van der Waals surface area (Å²) in [6.07, 6.45) is -0.340. The van der Waals surface area contributed by atoms with E-state index in [4.69, 9.17) is 18.9 Å². The molecule has 0 aliphatic carbocycles. The number of sulfone groups is 1. The van der Waals surface area contributed by atoms with Crippen molar-refractivity contribution in [2.45, 2.75) is 62.5 Å². The lowest BCUT2D eigenvalue weighted by Gasteiger charge is -2.15. The molecular formula is C24H26Br4O8S. The third-order valence-corrected chi connectivity index (χ3v) is 8.47. The second-order valence-corrected chi connectivity index (χ2v) is 13.6. The summed E-state index contributed by atoms with van der Waals surface area (Å²) in [7, 11) is -3.94. The zero-order chi connectivity index (χ0) is 27.9. The number of halogens is 4. The standard InChI is InChI=1S/C24H26Br4O8S/c1-13(2)35-21(29)5-7-33-23-17(25)9-15(10-18(23)26)37(31,32)16-11-19(27)24(20(28)12-16)34-8-6-22(30)36-14(3)4/h9-14H,5-8H2,1-4H3. The number of hydrogen-bond donors (Lipinski definition) is 0. The van der Waals surface area contributed by atoms with Gasteiger partial charge in [0.15, 0.2) is 0 Å². The Balaban J connectivity index is 2.18. The van der Waals surface area contributed by atoms with E-state index in [-0.39, 0.29) is 60.0 Å². The van der Waals surface area contributed by atoms with Crippen LogP contribution in [0.25, 0.3) is 0 Å². The van der Waals surface area contributed by atoms with Gasteiger partial charge in [0, 0.05) is 0 Å². The van der Waals surface area contributed by atoms with E-state index in [0.29, 0.717) is 29.4 Å². The summed E-state index contributed by atoms with van der Waals surface area (Å²) >= 11 is 13.4. The quantitative estimate of drug-likeness (QED) is 0.212. The number of ether oxygens (including phenoxy) is 4. The van der Waals surface area contributed by atoms with Crippen molar-refractivity contribution < 1.29 is 37.0 Å². The molecule has 8 nitrogen and oxygen atoms in total. The molecule has 13 heteroatoms. The summed E-state index contributed by atoms with van der Waals surface area (Å²) in [6, 6.07) is 5.70. The van der Waals surface area contributed by atoms with E-state index < -0.39 is 9.84 Å². The predicted molar refractivity (Wildman–Crippen MR) is 152 cm³/mol. The molecule has 0 radical (unpaired) electrons. The molecule has 2 rings (SSSR count). The van der Waals surface area contributed by atoms with E-state index in [1.807, 2.05) is 0 Å². The van der Waals surface area contributed by atoms with Crippen LogP contribution >= 0.6 is 63.7 Å². The molecular weight excluding hydrogens is 768 g/mol. The monoisotopic (exact) mass is 790 g/mol. The lowest BCUT2D eigenvalue weighted by atomic mass is 10.3. The molecule has 0 heterocycles. The highest BCUT2D eigenvalue weighted by Crippen LogP contribution is 2.40. The van der Waals surface area contributed by atoms with E-state index in [9.17, 15) is 18.0 Å². The Labute approximate surface area is 250 Å². The first-order valence-corrected chi connectivity index (χ1v) is 15.8. The van der Waals surface area contributed by atoms with Gasteiger partial charge in [-0.15, -0.1) is 0 Å². The molecule has 0 bridgehead atoms. The topological polar surface area (TPSA) is 105 Å². The maximum atomic E-state index is 13.4. The highest BCUT2D eigenvalue weighted by Gasteiger charge is 2.24. The second kappa shape index (κ2) is 14.3. The van der Waals surface area contributed by atoms with Crippen LogP contribution in [-0.4, -0.2) is 45.8 Å². The fourth-order valence-corrected chi connectivity index (χ4v) is 7.71. The van der Waals surface area contributed by atoms with Crippen LogP contribution in [-0.2, 0) is 28.9 Å². The van der Waals surface area contributed by atoms with Crippen LogP contribution in [0.2, 0.25) is 0 Å². The number of carbonyl (C=O) groups is 2. The Morgan fingerprint density at radius 3 is 1.24 bits per heavy atom. The molecule has 2 aromatic carbocycles. The van der Waals surface area contributed by atoms with Crippen LogP contribution in [0.3, 0.4) is 0 Å². The molecule has 0 aliphatic rings. The van der Waals surface area contributed by atoms with Gasteiger partial charge in [0.2, 0.25) is 9.84 Å². The Bertz CT molecular complexity index is 1110. The van der Waals surface area contributed by atoms with Crippen molar-refractivity contribution in [2.75, 3.05) is 13.2 Å². The van der Waals surface area contributed by atoms with E-state index in [0.717, 1.165) is 0 Å². The summed E-state index contributed by atoms with van der Waals surface area (Å²) in [4.78, 5) is 23.5. The number of carbonyl (C=O) groups excluding carboxylic acids is 2. The van der Waals surface area contributed by atoms with E-state index in [1.165, 1.54) is 24.3 Å². The van der Waals surface area contributed by atoms with Gasteiger partial charge < -0.3 is 18.9 Å². The summed E-state index contributed by atoms with van der Waals surface area (Å²) in [6.45, 7) is 7.16. The van der Waals surface area contributed by atoms with Crippen LogP contribution in [0, 0.1) is 0 Å². The Kier molecular flexibility index (Phi) is 12.4. The molecule has 0 N–H and O–H groups in total. The molecule has 0 aliphatic heterocycles. The molecule has 0 saturated heterocycles. The first kappa shape index (κ1) is 32.1. The lowest BCUT2D eigenvalue weighted by molar-refractivity contribution is -0.149. The fraction of sp³-hybridized carbons (Fsp3) is 0.417. The molecule has 0 saturated carbocycles. The molecule has 204 valence electrons. The Morgan fingerprint density at radius 1 is 0.676 bits per heavy atom. The number of hydrogen-bond acceptors (Lipinski definition) is 8. The minimum atomic E-state index is -3.94. The highest BCUT2D eigenvalue weighted by atomic mass is 79.9. The summed E-state index contributed by atoms with van der Waals surface area (Å²) < 4.78 is 49.8. The zero-order valence-electron chi connectivity index (χ0n) is 20.5. The minimum Gasteiger partial charge on any atom is -0.491 e. The minimum absolute atomic E-state index is 0.0155. The van der Waals surface area contributed by atoms with Gasteiger partial charge in [-0.25, -0.2) is 8.42 Å². The molecule has 2 aromatic rings. The van der Waals surface area contributed by atoms with Crippen molar-refractivity contribution in [1.82, 2.24) is 0 Å². The van der Waals surface area contributed by atoms with Gasteiger partial charge in [-0.3, -0.25) is 9.59 Å². The maximum absolute atomic E-state index is 13.4. The normalized spacial score (nSPS) is 11.5. The molecule has 0 amide bonds. The van der Waals surface area contributed by atoms with Gasteiger partial charge in [0.25, 0.3) is 0 Å². The molecule has 0 unspecified atom stereocenters. The van der Waals surface area contributed by atoms with Crippen molar-refractivity contribution in [1.29, 1.82) is 0 Å². The number of benzene rings is 2. The first-order valence-electron chi connectivity index (χ1n) is 11.1. The van der Waals surface area contributed by atoms with Gasteiger partial charge in [0.1, 0.15) is 11.5 Å². The zero-order valence-corrected chi connectivity index (χ0v) is 27.6. The highest BCUT2D eigenvalue weighted by molar-refractivity contribution is 9.11. The SMILES string of the molecule is CC(C)OC(=O)CCOc1c(Br)cc(S(=O)(=O)c2cc(Br)c(OCCC(=O)OC(C)C)c(Br)c2)cc1Br. The summed E-state index contributed by atoms with van der Waals surface area (Å²) in [5.74, 6) is -0.0576. The van der Waals surface area contributed by atoms with Gasteiger partial charge >= 0.3 is 11.9 Å². The Hall–Kier alpha value is -1.15. The number of rotatable bonds is 12.